The van der Waals surface area contributed by atoms with Gasteiger partial charge in [0.2, 0.25) is 10.0 Å². The van der Waals surface area contributed by atoms with Crippen molar-refractivity contribution in [2.75, 3.05) is 31.3 Å². The van der Waals surface area contributed by atoms with Gasteiger partial charge in [0.25, 0.3) is 0 Å². The molecule has 0 saturated heterocycles. The summed E-state index contributed by atoms with van der Waals surface area (Å²) in [6, 6.07) is 3.55. The number of nitrogens with one attached hydrogen (secondary N) is 2. The summed E-state index contributed by atoms with van der Waals surface area (Å²) in [4.78, 5) is 0. The predicted octanol–water partition coefficient (Wildman–Crippen LogP) is -0.990. The van der Waals surface area contributed by atoms with E-state index in [9.17, 15) is 8.42 Å². The number of aromatic nitrogens is 4. The molecule has 2 aromatic rings. The Morgan fingerprint density at radius 2 is 2.10 bits per heavy atom. The summed E-state index contributed by atoms with van der Waals surface area (Å²) in [6.07, 6.45) is 2.13. The van der Waals surface area contributed by atoms with Gasteiger partial charge in [0.05, 0.1) is 6.26 Å². The monoisotopic (exact) mass is 314 g/mol. The molecule has 21 heavy (non-hydrogen) atoms. The third-order valence-electron chi connectivity index (χ3n) is 2.68. The highest BCUT2D eigenvalue weighted by atomic mass is 32.2. The predicted molar refractivity (Wildman–Crippen MR) is 77.5 cm³/mol. The van der Waals surface area contributed by atoms with Gasteiger partial charge in [0.15, 0.2) is 11.5 Å². The number of hydrogen-bond acceptors (Lipinski definition) is 7. The summed E-state index contributed by atoms with van der Waals surface area (Å²) in [5.41, 5.74) is 0.595. The molecule has 9 nitrogen and oxygen atoms in total. The third-order valence-corrected chi connectivity index (χ3v) is 3.41. The molecule has 0 amide bonds. The number of aliphatic hydroxyl groups is 1. The Morgan fingerprint density at radius 3 is 2.81 bits per heavy atom. The van der Waals surface area contributed by atoms with Crippen molar-refractivity contribution in [3.8, 4) is 0 Å². The fourth-order valence-electron chi connectivity index (χ4n) is 1.73. The molecule has 0 radical (unpaired) electrons. The van der Waals surface area contributed by atoms with Crippen molar-refractivity contribution in [2.24, 2.45) is 0 Å². The minimum atomic E-state index is -3.22. The largest absolute Gasteiger partial charge is 0.396 e. The van der Waals surface area contributed by atoms with Gasteiger partial charge in [-0.15, -0.1) is 15.3 Å². The Labute approximate surface area is 122 Å². The van der Waals surface area contributed by atoms with E-state index in [1.54, 1.807) is 16.6 Å². The maximum atomic E-state index is 11.0. The van der Waals surface area contributed by atoms with Crippen LogP contribution in [0.1, 0.15) is 12.2 Å². The van der Waals surface area contributed by atoms with Crippen LogP contribution in [-0.4, -0.2) is 59.3 Å². The fraction of sp³-hybridized carbons (Fsp3) is 0.545. The molecule has 3 N–H and O–H groups in total. The smallest absolute Gasteiger partial charge is 0.208 e. The van der Waals surface area contributed by atoms with Crippen LogP contribution in [0.3, 0.4) is 0 Å². The van der Waals surface area contributed by atoms with E-state index in [1.807, 2.05) is 0 Å². The molecule has 0 aromatic carbocycles. The summed E-state index contributed by atoms with van der Waals surface area (Å²) in [5.74, 6) is 1.22. The molecule has 0 aliphatic carbocycles. The van der Waals surface area contributed by atoms with Gasteiger partial charge in [-0.05, 0) is 18.6 Å². The van der Waals surface area contributed by atoms with Gasteiger partial charge in [0.1, 0.15) is 5.82 Å². The number of anilines is 1. The lowest BCUT2D eigenvalue weighted by molar-refractivity contribution is 0.292. The highest BCUT2D eigenvalue weighted by Gasteiger charge is 2.08. The van der Waals surface area contributed by atoms with Gasteiger partial charge >= 0.3 is 0 Å². The Balaban J connectivity index is 2.07. The number of hydrogen-bond donors (Lipinski definition) is 3. The normalized spacial score (nSPS) is 11.9. The van der Waals surface area contributed by atoms with E-state index in [2.05, 4.69) is 25.3 Å². The van der Waals surface area contributed by atoms with E-state index < -0.39 is 10.0 Å². The summed E-state index contributed by atoms with van der Waals surface area (Å²) in [7, 11) is -3.22. The lowest BCUT2D eigenvalue weighted by atomic mass is 10.4. The van der Waals surface area contributed by atoms with Crippen LogP contribution in [0.15, 0.2) is 12.1 Å². The molecule has 2 heterocycles. The highest BCUT2D eigenvalue weighted by molar-refractivity contribution is 7.88. The number of nitrogens with zero attached hydrogens (tertiary/aromatic N) is 4. The van der Waals surface area contributed by atoms with Crippen LogP contribution in [-0.2, 0) is 16.4 Å². The van der Waals surface area contributed by atoms with Gasteiger partial charge in [-0.2, -0.15) is 4.52 Å². The number of fused-ring (bicyclic) bond motifs is 1. The molecule has 0 saturated carbocycles. The van der Waals surface area contributed by atoms with Gasteiger partial charge in [-0.1, -0.05) is 0 Å². The molecule has 0 aliphatic rings. The van der Waals surface area contributed by atoms with Gasteiger partial charge in [-0.25, -0.2) is 13.1 Å². The Bertz CT molecular complexity index is 699. The summed E-state index contributed by atoms with van der Waals surface area (Å²) in [5, 5.41) is 24.1. The number of sulfonamides is 1. The van der Waals surface area contributed by atoms with Crippen molar-refractivity contribution in [1.82, 2.24) is 24.5 Å². The average molecular weight is 314 g/mol. The first-order valence-corrected chi connectivity index (χ1v) is 8.39. The second-order valence-corrected chi connectivity index (χ2v) is 6.36. The van der Waals surface area contributed by atoms with E-state index in [4.69, 9.17) is 5.11 Å². The first-order chi connectivity index (χ1) is 9.99. The standard InChI is InChI=1S/C11H18N6O3S/c1-21(19,20)13-7-5-11-15-14-10-4-3-9(16-17(10)11)12-6-2-8-18/h3-4,13,18H,2,5-8H2,1H3,(H,12,16). The van der Waals surface area contributed by atoms with Crippen molar-refractivity contribution in [2.45, 2.75) is 12.8 Å². The zero-order valence-corrected chi connectivity index (χ0v) is 12.5. The van der Waals surface area contributed by atoms with Crippen LogP contribution in [0.5, 0.6) is 0 Å². The van der Waals surface area contributed by atoms with Crippen molar-refractivity contribution in [3.05, 3.63) is 18.0 Å². The van der Waals surface area contributed by atoms with E-state index >= 15 is 0 Å². The molecule has 2 aromatic heterocycles. The molecule has 0 fully saturated rings. The molecule has 116 valence electrons. The molecule has 0 unspecified atom stereocenters. The zero-order valence-electron chi connectivity index (χ0n) is 11.7. The quantitative estimate of drug-likeness (QED) is 0.535. The van der Waals surface area contributed by atoms with Crippen LogP contribution in [0.25, 0.3) is 5.65 Å². The Morgan fingerprint density at radius 1 is 1.29 bits per heavy atom. The van der Waals surface area contributed by atoms with E-state index in [1.165, 1.54) is 0 Å². The van der Waals surface area contributed by atoms with Crippen molar-refractivity contribution < 1.29 is 13.5 Å². The molecule has 0 atom stereocenters. The zero-order chi connectivity index (χ0) is 15.3. The van der Waals surface area contributed by atoms with E-state index in [0.717, 1.165) is 6.26 Å². The fourth-order valence-corrected chi connectivity index (χ4v) is 2.20. The van der Waals surface area contributed by atoms with Gasteiger partial charge in [-0.3, -0.25) is 0 Å². The van der Waals surface area contributed by atoms with Crippen LogP contribution in [0.2, 0.25) is 0 Å². The second-order valence-electron chi connectivity index (χ2n) is 4.53. The maximum Gasteiger partial charge on any atom is 0.208 e. The second kappa shape index (κ2) is 6.78. The highest BCUT2D eigenvalue weighted by Crippen LogP contribution is 2.07. The lowest BCUT2D eigenvalue weighted by Gasteiger charge is -2.05. The Kier molecular flexibility index (Phi) is 5.04. The van der Waals surface area contributed by atoms with Crippen LogP contribution < -0.4 is 10.0 Å². The van der Waals surface area contributed by atoms with Crippen LogP contribution in [0, 0.1) is 0 Å². The summed E-state index contributed by atoms with van der Waals surface area (Å²) >= 11 is 0. The van der Waals surface area contributed by atoms with Gasteiger partial charge in [0, 0.05) is 26.1 Å². The molecule has 2 rings (SSSR count). The lowest BCUT2D eigenvalue weighted by Crippen LogP contribution is -2.25. The Hall–Kier alpha value is -1.78. The van der Waals surface area contributed by atoms with Crippen LogP contribution in [0.4, 0.5) is 5.82 Å². The van der Waals surface area contributed by atoms with Crippen molar-refractivity contribution in [3.63, 3.8) is 0 Å². The molecule has 10 heteroatoms. The topological polar surface area (TPSA) is 122 Å². The molecule has 0 spiro atoms. The first-order valence-electron chi connectivity index (χ1n) is 6.50. The number of rotatable bonds is 8. The SMILES string of the molecule is CS(=O)(=O)NCCc1nnc2ccc(NCCCO)nn12. The maximum absolute atomic E-state index is 11.0. The third kappa shape index (κ3) is 4.62. The van der Waals surface area contributed by atoms with E-state index in [0.29, 0.717) is 36.7 Å². The molecular weight excluding hydrogens is 296 g/mol. The molecular formula is C11H18N6O3S. The summed E-state index contributed by atoms with van der Waals surface area (Å²) < 4.78 is 26.0. The number of aliphatic hydroxyl groups excluding tert-OH is 1. The van der Waals surface area contributed by atoms with E-state index in [-0.39, 0.29) is 13.2 Å². The van der Waals surface area contributed by atoms with Crippen LogP contribution >= 0.6 is 0 Å². The van der Waals surface area contributed by atoms with Crippen molar-refractivity contribution in [1.29, 1.82) is 0 Å². The summed E-state index contributed by atoms with van der Waals surface area (Å²) in [6.45, 7) is 0.968. The average Bonchev–Trinajstić information content (AvgIpc) is 2.81. The minimum Gasteiger partial charge on any atom is -0.396 e. The molecule has 0 aliphatic heterocycles. The minimum absolute atomic E-state index is 0.115. The molecule has 0 bridgehead atoms. The van der Waals surface area contributed by atoms with Crippen molar-refractivity contribution >= 4 is 21.5 Å². The first kappa shape index (κ1) is 15.6. The van der Waals surface area contributed by atoms with Gasteiger partial charge < -0.3 is 10.4 Å².